The summed E-state index contributed by atoms with van der Waals surface area (Å²) in [6.07, 6.45) is 1.59. The van der Waals surface area contributed by atoms with E-state index in [0.29, 0.717) is 11.4 Å². The molecule has 1 heterocycles. The van der Waals surface area contributed by atoms with Crippen molar-refractivity contribution in [3.63, 3.8) is 0 Å². The molecule has 1 unspecified atom stereocenters. The van der Waals surface area contributed by atoms with Crippen LogP contribution in [0.5, 0.6) is 0 Å². The quantitative estimate of drug-likeness (QED) is 0.686. The maximum absolute atomic E-state index is 11.9. The van der Waals surface area contributed by atoms with Crippen LogP contribution < -0.4 is 16.0 Å². The average molecular weight is 236 g/mol. The Bertz CT molecular complexity index is 420. The fourth-order valence-corrected chi connectivity index (χ4v) is 1.34. The predicted octanol–water partition coefficient (Wildman–Crippen LogP) is -0.0124. The van der Waals surface area contributed by atoms with E-state index in [-0.39, 0.29) is 11.8 Å². The number of nitrogens with zero attached hydrogens (tertiary/aromatic N) is 1. The molecule has 6 nitrogen and oxygen atoms in total. The minimum atomic E-state index is -0.586. The van der Waals surface area contributed by atoms with Gasteiger partial charge in [-0.15, -0.1) is 0 Å². The van der Waals surface area contributed by atoms with Gasteiger partial charge in [0.25, 0.3) is 5.91 Å². The Morgan fingerprint density at radius 3 is 2.65 bits per heavy atom. The van der Waals surface area contributed by atoms with Gasteiger partial charge in [-0.2, -0.15) is 0 Å². The molecule has 6 heteroatoms. The minimum Gasteiger partial charge on any atom is -0.372 e. The van der Waals surface area contributed by atoms with Crippen LogP contribution in [0, 0.1) is 0 Å². The fraction of sp³-hybridized carbons (Fsp3) is 0.364. The van der Waals surface area contributed by atoms with Gasteiger partial charge in [0.05, 0.1) is 5.56 Å². The van der Waals surface area contributed by atoms with Gasteiger partial charge in [0, 0.05) is 20.3 Å². The molecule has 0 aliphatic heterocycles. The summed E-state index contributed by atoms with van der Waals surface area (Å²) < 4.78 is 0. The van der Waals surface area contributed by atoms with E-state index in [4.69, 9.17) is 0 Å². The first-order valence-corrected chi connectivity index (χ1v) is 5.25. The van der Waals surface area contributed by atoms with Gasteiger partial charge < -0.3 is 16.0 Å². The van der Waals surface area contributed by atoms with Gasteiger partial charge in [0.1, 0.15) is 11.9 Å². The molecule has 0 fully saturated rings. The van der Waals surface area contributed by atoms with E-state index >= 15 is 0 Å². The zero-order chi connectivity index (χ0) is 12.8. The van der Waals surface area contributed by atoms with Gasteiger partial charge in [-0.1, -0.05) is 0 Å². The van der Waals surface area contributed by atoms with Gasteiger partial charge in [0.2, 0.25) is 5.91 Å². The average Bonchev–Trinajstić information content (AvgIpc) is 2.37. The van der Waals surface area contributed by atoms with Crippen LogP contribution in [0.25, 0.3) is 0 Å². The smallest absolute Gasteiger partial charge is 0.255 e. The number of likely N-dealkylation sites (N-methyl/N-ethyl adjacent to an activating group) is 1. The third-order valence-electron chi connectivity index (χ3n) is 2.28. The molecule has 0 saturated heterocycles. The lowest BCUT2D eigenvalue weighted by Gasteiger charge is -2.13. The molecule has 0 bridgehead atoms. The standard InChI is InChI=1S/C11H16N4O2/c1-7(10(16)13-3)15-11(17)8-5-4-6-14-9(8)12-2/h4-7H,1-3H3,(H,12,14)(H,13,16)(H,15,17). The van der Waals surface area contributed by atoms with Gasteiger partial charge in [0.15, 0.2) is 0 Å². The van der Waals surface area contributed by atoms with Gasteiger partial charge in [-0.25, -0.2) is 4.98 Å². The van der Waals surface area contributed by atoms with Gasteiger partial charge >= 0.3 is 0 Å². The summed E-state index contributed by atoms with van der Waals surface area (Å²) in [6, 6.07) is 2.72. The summed E-state index contributed by atoms with van der Waals surface area (Å²) in [5.74, 6) is -0.0964. The lowest BCUT2D eigenvalue weighted by Crippen LogP contribution is -2.43. The van der Waals surface area contributed by atoms with Crippen molar-refractivity contribution in [1.29, 1.82) is 0 Å². The Labute approximate surface area is 99.8 Å². The molecule has 0 aromatic carbocycles. The van der Waals surface area contributed by atoms with Gasteiger partial charge in [-0.3, -0.25) is 9.59 Å². The second-order valence-electron chi connectivity index (χ2n) is 3.46. The van der Waals surface area contributed by atoms with Crippen molar-refractivity contribution in [3.05, 3.63) is 23.9 Å². The van der Waals surface area contributed by atoms with E-state index in [0.717, 1.165) is 0 Å². The maximum Gasteiger partial charge on any atom is 0.255 e. The van der Waals surface area contributed by atoms with E-state index in [1.165, 1.54) is 7.05 Å². The van der Waals surface area contributed by atoms with Crippen LogP contribution >= 0.6 is 0 Å². The molecule has 1 aromatic rings. The molecule has 92 valence electrons. The molecule has 17 heavy (non-hydrogen) atoms. The Morgan fingerprint density at radius 2 is 2.06 bits per heavy atom. The van der Waals surface area contributed by atoms with Crippen molar-refractivity contribution in [3.8, 4) is 0 Å². The number of hydrogen-bond donors (Lipinski definition) is 3. The van der Waals surface area contributed by atoms with Crippen molar-refractivity contribution >= 4 is 17.6 Å². The van der Waals surface area contributed by atoms with Crippen LogP contribution in [0.15, 0.2) is 18.3 Å². The van der Waals surface area contributed by atoms with E-state index in [1.807, 2.05) is 0 Å². The molecule has 2 amide bonds. The molecule has 1 atom stereocenters. The monoisotopic (exact) mass is 236 g/mol. The maximum atomic E-state index is 11.9. The first-order valence-electron chi connectivity index (χ1n) is 5.25. The van der Waals surface area contributed by atoms with Crippen LogP contribution in [0.3, 0.4) is 0 Å². The Morgan fingerprint density at radius 1 is 1.35 bits per heavy atom. The number of aromatic nitrogens is 1. The number of rotatable bonds is 4. The second-order valence-corrected chi connectivity index (χ2v) is 3.46. The molecular weight excluding hydrogens is 220 g/mol. The van der Waals surface area contributed by atoms with E-state index in [2.05, 4.69) is 20.9 Å². The molecule has 0 aliphatic carbocycles. The predicted molar refractivity (Wildman–Crippen MR) is 64.8 cm³/mol. The Balaban J connectivity index is 2.79. The third kappa shape index (κ3) is 3.17. The van der Waals surface area contributed by atoms with Crippen molar-refractivity contribution in [2.24, 2.45) is 0 Å². The van der Waals surface area contributed by atoms with Crippen molar-refractivity contribution < 1.29 is 9.59 Å². The number of anilines is 1. The summed E-state index contributed by atoms with van der Waals surface area (Å²) >= 11 is 0. The summed E-state index contributed by atoms with van der Waals surface area (Å²) in [5.41, 5.74) is 0.408. The van der Waals surface area contributed by atoms with E-state index < -0.39 is 6.04 Å². The normalized spacial score (nSPS) is 11.5. The number of hydrogen-bond acceptors (Lipinski definition) is 4. The zero-order valence-corrected chi connectivity index (χ0v) is 10.1. The zero-order valence-electron chi connectivity index (χ0n) is 10.1. The molecule has 0 saturated carbocycles. The molecule has 3 N–H and O–H groups in total. The lowest BCUT2D eigenvalue weighted by atomic mass is 10.2. The Kier molecular flexibility index (Phi) is 4.45. The van der Waals surface area contributed by atoms with Crippen molar-refractivity contribution in [1.82, 2.24) is 15.6 Å². The summed E-state index contributed by atoms with van der Waals surface area (Å²) in [4.78, 5) is 27.2. The molecular formula is C11H16N4O2. The first-order chi connectivity index (χ1) is 8.10. The van der Waals surface area contributed by atoms with Crippen LogP contribution in [-0.4, -0.2) is 36.9 Å². The highest BCUT2D eigenvalue weighted by Crippen LogP contribution is 2.10. The summed E-state index contributed by atoms with van der Waals surface area (Å²) in [7, 11) is 3.20. The number of carbonyl (C=O) groups excluding carboxylic acids is 2. The van der Waals surface area contributed by atoms with Crippen LogP contribution in [-0.2, 0) is 4.79 Å². The first kappa shape index (κ1) is 13.0. The Hall–Kier alpha value is -2.11. The fourth-order valence-electron chi connectivity index (χ4n) is 1.34. The largest absolute Gasteiger partial charge is 0.372 e. The van der Waals surface area contributed by atoms with Crippen LogP contribution in [0.4, 0.5) is 5.82 Å². The van der Waals surface area contributed by atoms with Crippen molar-refractivity contribution in [2.45, 2.75) is 13.0 Å². The second kappa shape index (κ2) is 5.83. The molecule has 0 spiro atoms. The lowest BCUT2D eigenvalue weighted by molar-refractivity contribution is -0.122. The molecule has 1 aromatic heterocycles. The van der Waals surface area contributed by atoms with E-state index in [1.54, 1.807) is 32.3 Å². The molecule has 1 rings (SSSR count). The highest BCUT2D eigenvalue weighted by atomic mass is 16.2. The summed E-state index contributed by atoms with van der Waals surface area (Å²) in [6.45, 7) is 1.62. The number of carbonyl (C=O) groups is 2. The van der Waals surface area contributed by atoms with Gasteiger partial charge in [-0.05, 0) is 19.1 Å². The molecule has 0 radical (unpaired) electrons. The topological polar surface area (TPSA) is 83.1 Å². The minimum absolute atomic E-state index is 0.242. The number of nitrogens with one attached hydrogen (secondary N) is 3. The van der Waals surface area contributed by atoms with Crippen molar-refractivity contribution in [2.75, 3.05) is 19.4 Å². The van der Waals surface area contributed by atoms with Crippen LogP contribution in [0.2, 0.25) is 0 Å². The highest BCUT2D eigenvalue weighted by molar-refractivity contribution is 6.00. The molecule has 0 aliphatic rings. The van der Waals surface area contributed by atoms with Crippen LogP contribution in [0.1, 0.15) is 17.3 Å². The third-order valence-corrected chi connectivity index (χ3v) is 2.28. The SMILES string of the molecule is CNC(=O)C(C)NC(=O)c1cccnc1NC. The number of amides is 2. The highest BCUT2D eigenvalue weighted by Gasteiger charge is 2.17. The number of pyridine rings is 1. The summed E-state index contributed by atoms with van der Waals surface area (Å²) in [5, 5.41) is 7.88. The van der Waals surface area contributed by atoms with E-state index in [9.17, 15) is 9.59 Å².